The molecular formula is C6H9N3O2S2. The molecule has 0 aliphatic carbocycles. The van der Waals surface area contributed by atoms with Crippen molar-refractivity contribution < 1.29 is 8.42 Å². The number of aromatic nitrogens is 2. The molecule has 0 amide bonds. The molecule has 2 N–H and O–H groups in total. The Bertz CT molecular complexity index is 373. The SMILES string of the molecule is CCSc1ncc(S(N)(=O)=O)cn1. The lowest BCUT2D eigenvalue weighted by molar-refractivity contribution is 0.596. The van der Waals surface area contributed by atoms with Crippen LogP contribution in [-0.4, -0.2) is 24.1 Å². The fourth-order valence-corrected chi connectivity index (χ4v) is 1.57. The van der Waals surface area contributed by atoms with Crippen LogP contribution in [0, 0.1) is 0 Å². The largest absolute Gasteiger partial charge is 0.241 e. The molecule has 0 saturated heterocycles. The molecule has 1 heterocycles. The first-order chi connectivity index (χ1) is 6.04. The van der Waals surface area contributed by atoms with Gasteiger partial charge in [0.1, 0.15) is 4.90 Å². The lowest BCUT2D eigenvalue weighted by Gasteiger charge is -1.98. The Labute approximate surface area is 80.8 Å². The van der Waals surface area contributed by atoms with Crippen LogP contribution < -0.4 is 5.14 Å². The second-order valence-electron chi connectivity index (χ2n) is 2.18. The van der Waals surface area contributed by atoms with Gasteiger partial charge >= 0.3 is 0 Å². The molecule has 1 rings (SSSR count). The van der Waals surface area contributed by atoms with Crippen LogP contribution in [0.2, 0.25) is 0 Å². The van der Waals surface area contributed by atoms with Crippen molar-refractivity contribution in [2.45, 2.75) is 17.0 Å². The number of hydrogen-bond acceptors (Lipinski definition) is 5. The molecular weight excluding hydrogens is 210 g/mol. The molecule has 0 radical (unpaired) electrons. The number of hydrogen-bond donors (Lipinski definition) is 1. The van der Waals surface area contributed by atoms with Gasteiger partial charge in [-0.1, -0.05) is 18.7 Å². The molecule has 0 aliphatic heterocycles. The minimum Gasteiger partial charge on any atom is -0.230 e. The van der Waals surface area contributed by atoms with Crippen molar-refractivity contribution in [2.75, 3.05) is 5.75 Å². The number of nitrogens with two attached hydrogens (primary N) is 1. The van der Waals surface area contributed by atoms with E-state index in [-0.39, 0.29) is 4.90 Å². The molecule has 5 nitrogen and oxygen atoms in total. The Hall–Kier alpha value is -0.660. The van der Waals surface area contributed by atoms with E-state index in [2.05, 4.69) is 9.97 Å². The van der Waals surface area contributed by atoms with Crippen LogP contribution in [0.3, 0.4) is 0 Å². The minimum absolute atomic E-state index is 0.0621. The number of nitrogens with zero attached hydrogens (tertiary/aromatic N) is 2. The number of primary sulfonamides is 1. The third-order valence-corrected chi connectivity index (χ3v) is 2.83. The molecule has 13 heavy (non-hydrogen) atoms. The normalized spacial score (nSPS) is 11.5. The highest BCUT2D eigenvalue weighted by Crippen LogP contribution is 2.12. The zero-order chi connectivity index (χ0) is 9.90. The topological polar surface area (TPSA) is 85.9 Å². The highest BCUT2D eigenvalue weighted by molar-refractivity contribution is 7.99. The minimum atomic E-state index is -3.67. The monoisotopic (exact) mass is 219 g/mol. The average molecular weight is 219 g/mol. The van der Waals surface area contributed by atoms with Crippen molar-refractivity contribution in [2.24, 2.45) is 5.14 Å². The average Bonchev–Trinajstić information content (AvgIpc) is 2.04. The summed E-state index contributed by atoms with van der Waals surface area (Å²) in [6.45, 7) is 1.96. The summed E-state index contributed by atoms with van der Waals surface area (Å²) in [5.41, 5.74) is 0. The Kier molecular flexibility index (Phi) is 3.23. The van der Waals surface area contributed by atoms with Crippen LogP contribution >= 0.6 is 11.8 Å². The summed E-state index contributed by atoms with van der Waals surface area (Å²) >= 11 is 1.44. The van der Waals surface area contributed by atoms with Gasteiger partial charge in [-0.25, -0.2) is 23.5 Å². The maximum absolute atomic E-state index is 10.8. The Balaban J connectivity index is 2.94. The zero-order valence-electron chi connectivity index (χ0n) is 6.97. The van der Waals surface area contributed by atoms with E-state index in [1.165, 1.54) is 24.2 Å². The van der Waals surface area contributed by atoms with Crippen LogP contribution in [-0.2, 0) is 10.0 Å². The van der Waals surface area contributed by atoms with E-state index < -0.39 is 10.0 Å². The highest BCUT2D eigenvalue weighted by Gasteiger charge is 2.08. The lowest BCUT2D eigenvalue weighted by Crippen LogP contribution is -2.12. The first kappa shape index (κ1) is 10.4. The second-order valence-corrected chi connectivity index (χ2v) is 4.97. The van der Waals surface area contributed by atoms with E-state index in [4.69, 9.17) is 5.14 Å². The summed E-state index contributed by atoms with van der Waals surface area (Å²) in [7, 11) is -3.67. The van der Waals surface area contributed by atoms with Crippen LogP contribution in [0.15, 0.2) is 22.4 Å². The lowest BCUT2D eigenvalue weighted by atomic mass is 10.7. The van der Waals surface area contributed by atoms with Crippen LogP contribution in [0.5, 0.6) is 0 Å². The zero-order valence-corrected chi connectivity index (χ0v) is 8.60. The third-order valence-electron chi connectivity index (χ3n) is 1.21. The fourth-order valence-electron chi connectivity index (χ4n) is 0.655. The van der Waals surface area contributed by atoms with Crippen molar-refractivity contribution >= 4 is 21.8 Å². The molecule has 0 aromatic carbocycles. The molecule has 0 atom stereocenters. The first-order valence-electron chi connectivity index (χ1n) is 3.51. The van der Waals surface area contributed by atoms with Crippen LogP contribution in [0.4, 0.5) is 0 Å². The predicted molar refractivity (Wildman–Crippen MR) is 49.8 cm³/mol. The van der Waals surface area contributed by atoms with E-state index in [0.717, 1.165) is 5.75 Å². The highest BCUT2D eigenvalue weighted by atomic mass is 32.2. The van der Waals surface area contributed by atoms with Gasteiger partial charge in [-0.05, 0) is 5.75 Å². The molecule has 0 unspecified atom stereocenters. The van der Waals surface area contributed by atoms with E-state index in [0.29, 0.717) is 5.16 Å². The van der Waals surface area contributed by atoms with E-state index in [1.807, 2.05) is 6.92 Å². The number of thioether (sulfide) groups is 1. The van der Waals surface area contributed by atoms with Crippen LogP contribution in [0.1, 0.15) is 6.92 Å². The van der Waals surface area contributed by atoms with Gasteiger partial charge in [0.2, 0.25) is 10.0 Å². The molecule has 0 bridgehead atoms. The van der Waals surface area contributed by atoms with E-state index in [9.17, 15) is 8.42 Å². The molecule has 0 aliphatic rings. The molecule has 7 heteroatoms. The Morgan fingerprint density at radius 2 is 2.00 bits per heavy atom. The van der Waals surface area contributed by atoms with Gasteiger partial charge in [0, 0.05) is 0 Å². The summed E-state index contributed by atoms with van der Waals surface area (Å²) in [6, 6.07) is 0. The maximum atomic E-state index is 10.8. The summed E-state index contributed by atoms with van der Waals surface area (Å²) in [6.07, 6.45) is 2.42. The number of sulfonamides is 1. The van der Waals surface area contributed by atoms with E-state index >= 15 is 0 Å². The fraction of sp³-hybridized carbons (Fsp3) is 0.333. The summed E-state index contributed by atoms with van der Waals surface area (Å²) < 4.78 is 21.6. The van der Waals surface area contributed by atoms with Gasteiger partial charge in [0.25, 0.3) is 0 Å². The molecule has 1 aromatic heterocycles. The van der Waals surface area contributed by atoms with E-state index in [1.54, 1.807) is 0 Å². The predicted octanol–water partition coefficient (Wildman–Crippen LogP) is 0.236. The third kappa shape index (κ3) is 2.94. The molecule has 0 saturated carbocycles. The smallest absolute Gasteiger partial charge is 0.230 e. The van der Waals surface area contributed by atoms with Crippen molar-refractivity contribution in [3.8, 4) is 0 Å². The van der Waals surface area contributed by atoms with Crippen molar-refractivity contribution in [1.29, 1.82) is 0 Å². The molecule has 0 fully saturated rings. The summed E-state index contributed by atoms with van der Waals surface area (Å²) in [5.74, 6) is 0.842. The second kappa shape index (κ2) is 4.03. The van der Waals surface area contributed by atoms with Gasteiger partial charge < -0.3 is 0 Å². The van der Waals surface area contributed by atoms with Crippen molar-refractivity contribution in [1.82, 2.24) is 9.97 Å². The van der Waals surface area contributed by atoms with Crippen LogP contribution in [0.25, 0.3) is 0 Å². The standard InChI is InChI=1S/C6H9N3O2S2/c1-2-12-6-8-3-5(4-9-6)13(7,10)11/h3-4H,2H2,1H3,(H2,7,10,11). The Morgan fingerprint density at radius 1 is 1.46 bits per heavy atom. The molecule has 0 spiro atoms. The van der Waals surface area contributed by atoms with Crippen molar-refractivity contribution in [3.05, 3.63) is 12.4 Å². The maximum Gasteiger partial charge on any atom is 0.241 e. The Morgan fingerprint density at radius 3 is 2.38 bits per heavy atom. The summed E-state index contributed by atoms with van der Waals surface area (Å²) in [4.78, 5) is 7.59. The van der Waals surface area contributed by atoms with Gasteiger partial charge in [-0.3, -0.25) is 0 Å². The molecule has 1 aromatic rings. The van der Waals surface area contributed by atoms with Gasteiger partial charge in [-0.15, -0.1) is 0 Å². The quantitative estimate of drug-likeness (QED) is 0.581. The van der Waals surface area contributed by atoms with Gasteiger partial charge in [0.15, 0.2) is 5.16 Å². The van der Waals surface area contributed by atoms with Crippen molar-refractivity contribution in [3.63, 3.8) is 0 Å². The van der Waals surface area contributed by atoms with Gasteiger partial charge in [-0.2, -0.15) is 0 Å². The summed E-state index contributed by atoms with van der Waals surface area (Å²) in [5, 5.41) is 5.42. The first-order valence-corrected chi connectivity index (χ1v) is 6.05. The van der Waals surface area contributed by atoms with Gasteiger partial charge in [0.05, 0.1) is 12.4 Å². The number of rotatable bonds is 3. The molecule has 72 valence electrons.